The number of likely N-dealkylation sites (tertiary alicyclic amines) is 1. The van der Waals surface area contributed by atoms with Crippen LogP contribution in [0.15, 0.2) is 78.6 Å². The zero-order valence-electron chi connectivity index (χ0n) is 16.2. The Hall–Kier alpha value is -3.80. The summed E-state index contributed by atoms with van der Waals surface area (Å²) in [6.45, 7) is 2.01. The molecule has 0 saturated carbocycles. The van der Waals surface area contributed by atoms with E-state index < -0.39 is 23.5 Å². The molecular formula is C24H19FN2O3. The van der Waals surface area contributed by atoms with Crippen molar-refractivity contribution in [2.75, 3.05) is 0 Å². The molecular weight excluding hydrogens is 383 g/mol. The summed E-state index contributed by atoms with van der Waals surface area (Å²) in [5, 5.41) is 11.0. The molecule has 0 aliphatic carbocycles. The zero-order valence-corrected chi connectivity index (χ0v) is 16.2. The van der Waals surface area contributed by atoms with Gasteiger partial charge in [-0.05, 0) is 36.2 Å². The normalized spacial score (nSPS) is 18.1. The summed E-state index contributed by atoms with van der Waals surface area (Å²) in [5.41, 5.74) is 2.48. The maximum Gasteiger partial charge on any atom is 0.295 e. The number of halogens is 1. The van der Waals surface area contributed by atoms with E-state index in [-0.39, 0.29) is 17.9 Å². The standard InChI is InChI=1S/C24H19FN2O3/c1-15-7-9-17(10-8-15)22(28)20-21(18-5-2-6-19(25)12-18)27(24(30)23(20)29)14-16-4-3-11-26-13-16/h2-13,21,28H,14H2,1H3/b22-20+. The van der Waals surface area contributed by atoms with Gasteiger partial charge in [0.15, 0.2) is 0 Å². The van der Waals surface area contributed by atoms with E-state index >= 15 is 0 Å². The number of benzene rings is 2. The summed E-state index contributed by atoms with van der Waals surface area (Å²) in [6.07, 6.45) is 3.21. The molecule has 0 spiro atoms. The molecule has 1 aromatic heterocycles. The Balaban J connectivity index is 1.87. The Morgan fingerprint density at radius 1 is 1.10 bits per heavy atom. The fourth-order valence-corrected chi connectivity index (χ4v) is 3.62. The number of hydrogen-bond donors (Lipinski definition) is 1. The molecule has 0 radical (unpaired) electrons. The number of pyridine rings is 1. The highest BCUT2D eigenvalue weighted by Crippen LogP contribution is 2.40. The molecule has 1 aliphatic heterocycles. The fourth-order valence-electron chi connectivity index (χ4n) is 3.62. The van der Waals surface area contributed by atoms with Gasteiger partial charge in [0.05, 0.1) is 11.6 Å². The third-order valence-electron chi connectivity index (χ3n) is 5.11. The molecule has 1 aliphatic rings. The highest BCUT2D eigenvalue weighted by atomic mass is 19.1. The van der Waals surface area contributed by atoms with Crippen LogP contribution in [0.5, 0.6) is 0 Å². The predicted octanol–water partition coefficient (Wildman–Crippen LogP) is 4.15. The van der Waals surface area contributed by atoms with E-state index in [2.05, 4.69) is 4.98 Å². The van der Waals surface area contributed by atoms with E-state index in [0.717, 1.165) is 11.1 Å². The van der Waals surface area contributed by atoms with Crippen molar-refractivity contribution < 1.29 is 19.1 Å². The molecule has 1 saturated heterocycles. The Bertz CT molecular complexity index is 1140. The van der Waals surface area contributed by atoms with Crippen LogP contribution >= 0.6 is 0 Å². The van der Waals surface area contributed by atoms with Crippen molar-refractivity contribution in [3.05, 3.63) is 107 Å². The minimum atomic E-state index is -0.915. The largest absolute Gasteiger partial charge is 0.507 e. The first-order chi connectivity index (χ1) is 14.5. The van der Waals surface area contributed by atoms with Gasteiger partial charge < -0.3 is 10.0 Å². The van der Waals surface area contributed by atoms with Gasteiger partial charge in [0.1, 0.15) is 11.6 Å². The molecule has 1 unspecified atom stereocenters. The summed E-state index contributed by atoms with van der Waals surface area (Å²) in [7, 11) is 0. The molecule has 0 bridgehead atoms. The van der Waals surface area contributed by atoms with Gasteiger partial charge in [0.2, 0.25) is 0 Å². The van der Waals surface area contributed by atoms with Gasteiger partial charge in [-0.2, -0.15) is 0 Å². The van der Waals surface area contributed by atoms with Crippen molar-refractivity contribution in [3.63, 3.8) is 0 Å². The Kier molecular flexibility index (Phi) is 5.14. The van der Waals surface area contributed by atoms with Gasteiger partial charge in [-0.1, -0.05) is 48.0 Å². The van der Waals surface area contributed by atoms with E-state index in [1.807, 2.05) is 6.92 Å². The molecule has 30 heavy (non-hydrogen) atoms. The summed E-state index contributed by atoms with van der Waals surface area (Å²) in [6, 6.07) is 15.3. The number of hydrogen-bond acceptors (Lipinski definition) is 4. The first kappa shape index (κ1) is 19.5. The maximum absolute atomic E-state index is 14.0. The molecule has 3 aromatic rings. The van der Waals surface area contributed by atoms with E-state index in [4.69, 9.17) is 0 Å². The van der Waals surface area contributed by atoms with E-state index in [0.29, 0.717) is 11.1 Å². The SMILES string of the molecule is Cc1ccc(/C(O)=C2\C(=O)C(=O)N(Cc3cccnc3)C2c2cccc(F)c2)cc1. The van der Waals surface area contributed by atoms with E-state index in [1.54, 1.807) is 54.9 Å². The fraction of sp³-hybridized carbons (Fsp3) is 0.125. The summed E-state index contributed by atoms with van der Waals surface area (Å²) < 4.78 is 14.0. The van der Waals surface area contributed by atoms with Crippen LogP contribution in [0.25, 0.3) is 5.76 Å². The van der Waals surface area contributed by atoms with E-state index in [1.165, 1.54) is 23.1 Å². The number of Topliss-reactive ketones (excluding diaryl/α,β-unsaturated/α-hetero) is 1. The average Bonchev–Trinajstić information content (AvgIpc) is 2.99. The second kappa shape index (κ2) is 7.91. The lowest BCUT2D eigenvalue weighted by molar-refractivity contribution is -0.140. The van der Waals surface area contributed by atoms with Crippen molar-refractivity contribution in [2.45, 2.75) is 19.5 Å². The number of ketones is 1. The number of carbonyl (C=O) groups is 2. The third-order valence-corrected chi connectivity index (χ3v) is 5.11. The minimum absolute atomic E-state index is 0.0571. The Labute approximate surface area is 173 Å². The average molecular weight is 402 g/mol. The molecule has 1 amide bonds. The Morgan fingerprint density at radius 3 is 2.53 bits per heavy atom. The molecule has 4 rings (SSSR count). The van der Waals surface area contributed by atoms with Crippen LogP contribution in [0.1, 0.15) is 28.3 Å². The molecule has 1 N–H and O–H groups in total. The second-order valence-corrected chi connectivity index (χ2v) is 7.21. The number of aliphatic hydroxyl groups excluding tert-OH is 1. The van der Waals surface area contributed by atoms with Crippen molar-refractivity contribution >= 4 is 17.4 Å². The summed E-state index contributed by atoms with van der Waals surface area (Å²) in [5.74, 6) is -2.32. The van der Waals surface area contributed by atoms with Crippen LogP contribution < -0.4 is 0 Å². The number of nitrogens with zero attached hydrogens (tertiary/aromatic N) is 2. The van der Waals surface area contributed by atoms with Crippen molar-refractivity contribution in [1.29, 1.82) is 0 Å². The van der Waals surface area contributed by atoms with Gasteiger partial charge in [-0.25, -0.2) is 4.39 Å². The quantitative estimate of drug-likeness (QED) is 0.404. The van der Waals surface area contributed by atoms with Gasteiger partial charge in [-0.3, -0.25) is 14.6 Å². The number of rotatable bonds is 4. The number of aryl methyl sites for hydroxylation is 1. The number of amides is 1. The molecule has 6 heteroatoms. The lowest BCUT2D eigenvalue weighted by atomic mass is 9.95. The maximum atomic E-state index is 14.0. The molecule has 2 aromatic carbocycles. The molecule has 5 nitrogen and oxygen atoms in total. The highest BCUT2D eigenvalue weighted by molar-refractivity contribution is 6.46. The van der Waals surface area contributed by atoms with Crippen LogP contribution in [-0.2, 0) is 16.1 Å². The molecule has 1 fully saturated rings. The monoisotopic (exact) mass is 402 g/mol. The van der Waals surface area contributed by atoms with Crippen molar-refractivity contribution in [3.8, 4) is 0 Å². The summed E-state index contributed by atoms with van der Waals surface area (Å²) in [4.78, 5) is 31.2. The summed E-state index contributed by atoms with van der Waals surface area (Å²) >= 11 is 0. The lowest BCUT2D eigenvalue weighted by Gasteiger charge is -2.25. The number of carbonyl (C=O) groups excluding carboxylic acids is 2. The first-order valence-electron chi connectivity index (χ1n) is 9.45. The van der Waals surface area contributed by atoms with Gasteiger partial charge >= 0.3 is 0 Å². The van der Waals surface area contributed by atoms with Gasteiger partial charge in [0.25, 0.3) is 11.7 Å². The zero-order chi connectivity index (χ0) is 21.3. The topological polar surface area (TPSA) is 70.5 Å². The highest BCUT2D eigenvalue weighted by Gasteiger charge is 2.46. The number of aliphatic hydroxyl groups is 1. The van der Waals surface area contributed by atoms with Crippen LogP contribution in [0.2, 0.25) is 0 Å². The second-order valence-electron chi connectivity index (χ2n) is 7.21. The minimum Gasteiger partial charge on any atom is -0.507 e. The van der Waals surface area contributed by atoms with Crippen LogP contribution in [-0.4, -0.2) is 26.7 Å². The van der Waals surface area contributed by atoms with Crippen LogP contribution in [0.3, 0.4) is 0 Å². The third kappa shape index (κ3) is 3.59. The van der Waals surface area contributed by atoms with Gasteiger partial charge in [0, 0.05) is 24.5 Å². The first-order valence-corrected chi connectivity index (χ1v) is 9.45. The van der Waals surface area contributed by atoms with Crippen molar-refractivity contribution in [1.82, 2.24) is 9.88 Å². The smallest absolute Gasteiger partial charge is 0.295 e. The molecule has 150 valence electrons. The predicted molar refractivity (Wildman–Crippen MR) is 110 cm³/mol. The van der Waals surface area contributed by atoms with Crippen LogP contribution in [0.4, 0.5) is 4.39 Å². The van der Waals surface area contributed by atoms with E-state index in [9.17, 15) is 19.1 Å². The van der Waals surface area contributed by atoms with Crippen molar-refractivity contribution in [2.24, 2.45) is 0 Å². The Morgan fingerprint density at radius 2 is 1.87 bits per heavy atom. The molecule has 1 atom stereocenters. The van der Waals surface area contributed by atoms with Gasteiger partial charge in [-0.15, -0.1) is 0 Å². The van der Waals surface area contributed by atoms with Crippen LogP contribution in [0, 0.1) is 12.7 Å². The lowest BCUT2D eigenvalue weighted by Crippen LogP contribution is -2.29. The molecule has 2 heterocycles. The number of aromatic nitrogens is 1.